The van der Waals surface area contributed by atoms with Gasteiger partial charge < -0.3 is 10.1 Å². The average Bonchev–Trinajstić information content (AvgIpc) is 3.35. The molecule has 0 bridgehead atoms. The van der Waals surface area contributed by atoms with Crippen molar-refractivity contribution in [3.8, 4) is 11.3 Å². The number of fused-ring (bicyclic) bond motifs is 1. The number of rotatable bonds is 9. The van der Waals surface area contributed by atoms with Gasteiger partial charge in [0.2, 0.25) is 10.0 Å². The summed E-state index contributed by atoms with van der Waals surface area (Å²) in [5.41, 5.74) is 4.85. The first-order valence-corrected chi connectivity index (χ1v) is 14.2. The minimum absolute atomic E-state index is 0.0240. The minimum Gasteiger partial charge on any atom is -0.465 e. The number of methoxy groups -OCH3 is 1. The third-order valence-corrected chi connectivity index (χ3v) is 8.10. The molecule has 2 N–H and O–H groups in total. The first kappa shape index (κ1) is 27.4. The topological polar surface area (TPSA) is 115 Å². The lowest BCUT2D eigenvalue weighted by atomic mass is 10.0. The smallest absolute Gasteiger partial charge is 0.339 e. The standard InChI is InChI=1S/C28H25BClN5O4S/c1-39-28(36)21-10-3-5-12-25(21)40(37,38)33-16-19-8-6-7-18(13-19)15-31-26-14-24(20-9-2-4-11-23(20)30)34-27-22(29)17-32-35(26)27/h2-14,17,31,33H,15-16,29H2,1H3. The predicted octanol–water partition coefficient (Wildman–Crippen LogP) is 3.19. The zero-order chi connectivity index (χ0) is 28.3. The number of esters is 1. The summed E-state index contributed by atoms with van der Waals surface area (Å²) in [4.78, 5) is 16.7. The summed E-state index contributed by atoms with van der Waals surface area (Å²) in [6, 6.07) is 22.9. The van der Waals surface area contributed by atoms with Gasteiger partial charge >= 0.3 is 5.97 Å². The van der Waals surface area contributed by atoms with Gasteiger partial charge in [-0.25, -0.2) is 22.9 Å². The molecule has 0 amide bonds. The van der Waals surface area contributed by atoms with Crippen molar-refractivity contribution >= 4 is 52.4 Å². The maximum Gasteiger partial charge on any atom is 0.339 e. The van der Waals surface area contributed by atoms with Crippen LogP contribution in [0.2, 0.25) is 5.02 Å². The fourth-order valence-electron chi connectivity index (χ4n) is 4.28. The molecule has 0 aliphatic heterocycles. The lowest BCUT2D eigenvalue weighted by Crippen LogP contribution is -2.25. The molecule has 3 aromatic carbocycles. The predicted molar refractivity (Wildman–Crippen MR) is 157 cm³/mol. The van der Waals surface area contributed by atoms with Gasteiger partial charge in [0.25, 0.3) is 0 Å². The molecule has 0 spiro atoms. The van der Waals surface area contributed by atoms with E-state index in [0.717, 1.165) is 39.3 Å². The van der Waals surface area contributed by atoms with Gasteiger partial charge in [-0.1, -0.05) is 66.2 Å². The second-order valence-corrected chi connectivity index (χ2v) is 11.2. The molecular formula is C28H25BClN5O4S. The number of aromatic nitrogens is 3. The molecule has 12 heteroatoms. The molecule has 0 saturated carbocycles. The summed E-state index contributed by atoms with van der Waals surface area (Å²) in [5.74, 6) is 0.0166. The summed E-state index contributed by atoms with van der Waals surface area (Å²) >= 11 is 6.44. The number of ether oxygens (including phenoxy) is 1. The molecule has 5 aromatic rings. The van der Waals surface area contributed by atoms with Crippen molar-refractivity contribution in [1.29, 1.82) is 0 Å². The van der Waals surface area contributed by atoms with Crippen molar-refractivity contribution in [3.63, 3.8) is 0 Å². The number of hydrogen-bond acceptors (Lipinski definition) is 7. The number of carbonyl (C=O) groups is 1. The van der Waals surface area contributed by atoms with Crippen molar-refractivity contribution < 1.29 is 17.9 Å². The molecule has 0 saturated heterocycles. The number of nitrogens with zero attached hydrogens (tertiary/aromatic N) is 3. The maximum atomic E-state index is 13.0. The Labute approximate surface area is 237 Å². The Morgan fingerprint density at radius 1 is 1.00 bits per heavy atom. The summed E-state index contributed by atoms with van der Waals surface area (Å²) in [6.07, 6.45) is 1.76. The van der Waals surface area contributed by atoms with Crippen molar-refractivity contribution in [2.75, 3.05) is 12.4 Å². The lowest BCUT2D eigenvalue weighted by Gasteiger charge is -2.13. The van der Waals surface area contributed by atoms with E-state index in [-0.39, 0.29) is 17.0 Å². The zero-order valence-corrected chi connectivity index (χ0v) is 23.3. The van der Waals surface area contributed by atoms with Crippen molar-refractivity contribution in [2.24, 2.45) is 0 Å². The summed E-state index contributed by atoms with van der Waals surface area (Å²) in [5, 5.41) is 8.49. The van der Waals surface area contributed by atoms with Gasteiger partial charge in [0.15, 0.2) is 5.65 Å². The first-order valence-electron chi connectivity index (χ1n) is 12.4. The first-order chi connectivity index (χ1) is 19.3. The van der Waals surface area contributed by atoms with Gasteiger partial charge in [-0.3, -0.25) is 0 Å². The lowest BCUT2D eigenvalue weighted by molar-refractivity contribution is 0.0596. The van der Waals surface area contributed by atoms with Gasteiger partial charge in [0.05, 0.1) is 23.3 Å². The number of benzene rings is 3. The molecule has 5 rings (SSSR count). The molecule has 0 aliphatic carbocycles. The Bertz CT molecular complexity index is 1830. The van der Waals surface area contributed by atoms with Crippen LogP contribution in [-0.2, 0) is 27.8 Å². The quantitative estimate of drug-likeness (QED) is 0.206. The molecule has 202 valence electrons. The van der Waals surface area contributed by atoms with E-state index in [1.807, 2.05) is 62.4 Å². The highest BCUT2D eigenvalue weighted by molar-refractivity contribution is 7.89. The third-order valence-electron chi connectivity index (χ3n) is 6.31. The van der Waals surface area contributed by atoms with Crippen molar-refractivity contribution in [2.45, 2.75) is 18.0 Å². The van der Waals surface area contributed by atoms with Crippen LogP contribution in [0.4, 0.5) is 5.82 Å². The third kappa shape index (κ3) is 5.72. The van der Waals surface area contributed by atoms with E-state index in [2.05, 4.69) is 15.1 Å². The van der Waals surface area contributed by atoms with E-state index in [0.29, 0.717) is 11.6 Å². The SMILES string of the molecule is Bc1cnn2c(NCc3cccc(CNS(=O)(=O)c4ccccc4C(=O)OC)c3)cc(-c3ccccc3Cl)nc12. The largest absolute Gasteiger partial charge is 0.465 e. The molecule has 0 aliphatic rings. The van der Waals surface area contributed by atoms with Crippen molar-refractivity contribution in [3.05, 3.63) is 107 Å². The van der Waals surface area contributed by atoms with Gasteiger partial charge in [-0.2, -0.15) is 9.61 Å². The molecule has 2 heterocycles. The van der Waals surface area contributed by atoms with Gasteiger partial charge in [-0.15, -0.1) is 0 Å². The molecule has 0 unspecified atom stereocenters. The summed E-state index contributed by atoms with van der Waals surface area (Å²) < 4.78 is 35.0. The highest BCUT2D eigenvalue weighted by Crippen LogP contribution is 2.28. The van der Waals surface area contributed by atoms with Crippen LogP contribution in [0.3, 0.4) is 0 Å². The average molecular weight is 574 g/mol. The molecule has 9 nitrogen and oxygen atoms in total. The number of carbonyl (C=O) groups excluding carboxylic acids is 1. The van der Waals surface area contributed by atoms with Crippen LogP contribution in [0.5, 0.6) is 0 Å². The number of anilines is 1. The van der Waals surface area contributed by atoms with Gasteiger partial charge in [0, 0.05) is 35.9 Å². The van der Waals surface area contributed by atoms with Gasteiger partial charge in [-0.05, 0) is 34.8 Å². The van der Waals surface area contributed by atoms with E-state index < -0.39 is 16.0 Å². The van der Waals surface area contributed by atoms with Gasteiger partial charge in [0.1, 0.15) is 13.7 Å². The summed E-state index contributed by atoms with van der Waals surface area (Å²) in [6.45, 7) is 0.492. The Balaban J connectivity index is 1.35. The Morgan fingerprint density at radius 2 is 1.73 bits per heavy atom. The molecule has 40 heavy (non-hydrogen) atoms. The number of sulfonamides is 1. The van der Waals surface area contributed by atoms with Crippen LogP contribution in [-0.4, -0.2) is 43.9 Å². The normalized spacial score (nSPS) is 11.4. The molecule has 2 aromatic heterocycles. The fourth-order valence-corrected chi connectivity index (χ4v) is 5.73. The fraction of sp³-hybridized carbons (Fsp3) is 0.107. The number of nitrogens with one attached hydrogen (secondary N) is 2. The second kappa shape index (κ2) is 11.5. The van der Waals surface area contributed by atoms with Crippen LogP contribution in [0.1, 0.15) is 21.5 Å². The van der Waals surface area contributed by atoms with Crippen LogP contribution in [0.25, 0.3) is 16.9 Å². The minimum atomic E-state index is -3.96. The maximum absolute atomic E-state index is 13.0. The van der Waals surface area contributed by atoms with Crippen LogP contribution in [0, 0.1) is 0 Å². The number of halogens is 1. The highest BCUT2D eigenvalue weighted by atomic mass is 35.5. The monoisotopic (exact) mass is 573 g/mol. The number of hydrogen-bond donors (Lipinski definition) is 2. The Morgan fingerprint density at radius 3 is 2.50 bits per heavy atom. The Kier molecular flexibility index (Phi) is 7.88. The van der Waals surface area contributed by atoms with E-state index in [1.54, 1.807) is 22.8 Å². The summed E-state index contributed by atoms with van der Waals surface area (Å²) in [7, 11) is -0.808. The molecule has 0 fully saturated rings. The molecular weight excluding hydrogens is 549 g/mol. The zero-order valence-electron chi connectivity index (χ0n) is 21.8. The van der Waals surface area contributed by atoms with E-state index in [4.69, 9.17) is 21.3 Å². The van der Waals surface area contributed by atoms with E-state index in [1.165, 1.54) is 19.2 Å². The van der Waals surface area contributed by atoms with E-state index >= 15 is 0 Å². The Hall–Kier alpha value is -4.19. The van der Waals surface area contributed by atoms with Crippen LogP contribution >= 0.6 is 11.6 Å². The second-order valence-electron chi connectivity index (χ2n) is 9.06. The van der Waals surface area contributed by atoms with Crippen LogP contribution in [0.15, 0.2) is 90.0 Å². The van der Waals surface area contributed by atoms with Crippen molar-refractivity contribution in [1.82, 2.24) is 19.3 Å². The highest BCUT2D eigenvalue weighted by Gasteiger charge is 2.22. The molecule has 0 radical (unpaired) electrons. The van der Waals surface area contributed by atoms with E-state index in [9.17, 15) is 13.2 Å². The van der Waals surface area contributed by atoms with Crippen LogP contribution < -0.4 is 15.5 Å². The molecule has 0 atom stereocenters.